The SMILES string of the molecule is C[C@H](NC(=O)C(=O)N/N=C\c1ccccc1C(F)(F)F)c1ccccc1. The predicted molar refractivity (Wildman–Crippen MR) is 90.2 cm³/mol. The van der Waals surface area contributed by atoms with Gasteiger partial charge in [-0.05, 0) is 18.6 Å². The van der Waals surface area contributed by atoms with Crippen LogP contribution in [-0.4, -0.2) is 18.0 Å². The number of halogens is 3. The van der Waals surface area contributed by atoms with Crippen LogP contribution in [0.4, 0.5) is 13.2 Å². The van der Waals surface area contributed by atoms with Crippen LogP contribution in [0.15, 0.2) is 59.7 Å². The van der Waals surface area contributed by atoms with Crippen LogP contribution in [0, 0.1) is 0 Å². The Morgan fingerprint density at radius 1 is 1.00 bits per heavy atom. The lowest BCUT2D eigenvalue weighted by Gasteiger charge is -2.13. The van der Waals surface area contributed by atoms with Gasteiger partial charge in [-0.3, -0.25) is 9.59 Å². The Morgan fingerprint density at radius 3 is 2.27 bits per heavy atom. The lowest BCUT2D eigenvalue weighted by Crippen LogP contribution is -2.39. The highest BCUT2D eigenvalue weighted by molar-refractivity contribution is 6.35. The third-order valence-corrected chi connectivity index (χ3v) is 3.49. The molecule has 2 amide bonds. The van der Waals surface area contributed by atoms with E-state index < -0.39 is 29.6 Å². The summed E-state index contributed by atoms with van der Waals surface area (Å²) in [6, 6.07) is 13.3. The van der Waals surface area contributed by atoms with Gasteiger partial charge in [0.25, 0.3) is 0 Å². The highest BCUT2D eigenvalue weighted by Crippen LogP contribution is 2.30. The molecule has 2 aromatic carbocycles. The van der Waals surface area contributed by atoms with Crippen molar-refractivity contribution in [3.8, 4) is 0 Å². The number of nitrogens with zero attached hydrogens (tertiary/aromatic N) is 1. The van der Waals surface area contributed by atoms with Crippen LogP contribution in [0.5, 0.6) is 0 Å². The monoisotopic (exact) mass is 363 g/mol. The molecule has 26 heavy (non-hydrogen) atoms. The summed E-state index contributed by atoms with van der Waals surface area (Å²) in [5.41, 5.74) is 1.61. The average molecular weight is 363 g/mol. The third kappa shape index (κ3) is 5.17. The largest absolute Gasteiger partial charge is 0.417 e. The second kappa shape index (κ2) is 8.28. The molecular formula is C18H16F3N3O2. The van der Waals surface area contributed by atoms with Crippen molar-refractivity contribution < 1.29 is 22.8 Å². The first-order chi connectivity index (χ1) is 12.3. The van der Waals surface area contributed by atoms with Crippen LogP contribution in [0.3, 0.4) is 0 Å². The number of hydrazone groups is 1. The van der Waals surface area contributed by atoms with Gasteiger partial charge in [0.2, 0.25) is 0 Å². The summed E-state index contributed by atoms with van der Waals surface area (Å²) in [6.45, 7) is 1.70. The molecule has 2 rings (SSSR count). The van der Waals surface area contributed by atoms with Gasteiger partial charge in [-0.2, -0.15) is 18.3 Å². The van der Waals surface area contributed by atoms with E-state index in [0.29, 0.717) is 0 Å². The lowest BCUT2D eigenvalue weighted by molar-refractivity contribution is -0.139. The number of amides is 2. The molecule has 8 heteroatoms. The van der Waals surface area contributed by atoms with Crippen molar-refractivity contribution in [3.63, 3.8) is 0 Å². The van der Waals surface area contributed by atoms with E-state index in [9.17, 15) is 22.8 Å². The summed E-state index contributed by atoms with van der Waals surface area (Å²) in [5, 5.41) is 5.91. The predicted octanol–water partition coefficient (Wildman–Crippen LogP) is 3.03. The van der Waals surface area contributed by atoms with Crippen LogP contribution in [0.1, 0.15) is 29.7 Å². The highest BCUT2D eigenvalue weighted by Gasteiger charge is 2.32. The number of carbonyl (C=O) groups is 2. The van der Waals surface area contributed by atoms with Gasteiger partial charge in [0.05, 0.1) is 17.8 Å². The van der Waals surface area contributed by atoms with E-state index in [0.717, 1.165) is 17.8 Å². The number of carbonyl (C=O) groups excluding carboxylic acids is 2. The van der Waals surface area contributed by atoms with Crippen LogP contribution in [0.25, 0.3) is 0 Å². The zero-order chi connectivity index (χ0) is 19.2. The summed E-state index contributed by atoms with van der Waals surface area (Å²) in [5.74, 6) is -2.02. The fourth-order valence-corrected chi connectivity index (χ4v) is 2.17. The molecule has 0 spiro atoms. The van der Waals surface area contributed by atoms with Crippen LogP contribution in [0.2, 0.25) is 0 Å². The van der Waals surface area contributed by atoms with E-state index in [2.05, 4.69) is 10.4 Å². The minimum atomic E-state index is -4.55. The van der Waals surface area contributed by atoms with Crippen molar-refractivity contribution in [1.82, 2.24) is 10.7 Å². The van der Waals surface area contributed by atoms with E-state index in [-0.39, 0.29) is 5.56 Å². The molecule has 0 saturated carbocycles. The van der Waals surface area contributed by atoms with E-state index in [1.54, 1.807) is 31.2 Å². The third-order valence-electron chi connectivity index (χ3n) is 3.49. The number of rotatable bonds is 4. The number of alkyl halides is 3. The maximum Gasteiger partial charge on any atom is 0.417 e. The molecular weight excluding hydrogens is 347 g/mol. The molecule has 0 aliphatic carbocycles. The Balaban J connectivity index is 1.96. The molecule has 2 N–H and O–H groups in total. The van der Waals surface area contributed by atoms with Gasteiger partial charge in [-0.1, -0.05) is 48.5 Å². The molecule has 0 aromatic heterocycles. The summed E-state index contributed by atoms with van der Waals surface area (Å²) in [6.07, 6.45) is -3.70. The molecule has 136 valence electrons. The normalized spacial score (nSPS) is 12.6. The Bertz CT molecular complexity index is 805. The maximum atomic E-state index is 12.9. The molecule has 0 fully saturated rings. The van der Waals surface area contributed by atoms with E-state index in [1.807, 2.05) is 11.5 Å². The second-order valence-electron chi connectivity index (χ2n) is 5.39. The zero-order valence-electron chi connectivity index (χ0n) is 13.7. The quantitative estimate of drug-likeness (QED) is 0.498. The van der Waals surface area contributed by atoms with Crippen molar-refractivity contribution in [1.29, 1.82) is 0 Å². The van der Waals surface area contributed by atoms with Gasteiger partial charge in [0.15, 0.2) is 0 Å². The molecule has 0 heterocycles. The molecule has 0 saturated heterocycles. The molecule has 0 radical (unpaired) electrons. The summed E-state index contributed by atoms with van der Waals surface area (Å²) >= 11 is 0. The number of nitrogens with one attached hydrogen (secondary N) is 2. The average Bonchev–Trinajstić information content (AvgIpc) is 2.61. The fraction of sp³-hybridized carbons (Fsp3) is 0.167. The van der Waals surface area contributed by atoms with Crippen LogP contribution >= 0.6 is 0 Å². The highest BCUT2D eigenvalue weighted by atomic mass is 19.4. The first-order valence-electron chi connectivity index (χ1n) is 7.64. The lowest BCUT2D eigenvalue weighted by atomic mass is 10.1. The van der Waals surface area contributed by atoms with Gasteiger partial charge in [0, 0.05) is 5.56 Å². The van der Waals surface area contributed by atoms with Crippen molar-refractivity contribution >= 4 is 18.0 Å². The Hall–Kier alpha value is -3.16. The van der Waals surface area contributed by atoms with Gasteiger partial charge < -0.3 is 5.32 Å². The van der Waals surface area contributed by atoms with Gasteiger partial charge >= 0.3 is 18.0 Å². The van der Waals surface area contributed by atoms with Gasteiger partial charge in [-0.15, -0.1) is 0 Å². The number of hydrogen-bond donors (Lipinski definition) is 2. The van der Waals surface area contributed by atoms with Crippen molar-refractivity contribution in [2.75, 3.05) is 0 Å². The molecule has 0 aliphatic rings. The number of hydrogen-bond acceptors (Lipinski definition) is 3. The molecule has 2 aromatic rings. The van der Waals surface area contributed by atoms with E-state index in [1.165, 1.54) is 18.2 Å². The first kappa shape index (κ1) is 19.2. The summed E-state index contributed by atoms with van der Waals surface area (Å²) in [7, 11) is 0. The molecule has 5 nitrogen and oxygen atoms in total. The zero-order valence-corrected chi connectivity index (χ0v) is 13.7. The molecule has 0 aliphatic heterocycles. The Kier molecular flexibility index (Phi) is 6.11. The maximum absolute atomic E-state index is 12.9. The summed E-state index contributed by atoms with van der Waals surface area (Å²) in [4.78, 5) is 23.5. The second-order valence-corrected chi connectivity index (χ2v) is 5.39. The van der Waals surface area contributed by atoms with Crippen LogP contribution < -0.4 is 10.7 Å². The van der Waals surface area contributed by atoms with Crippen LogP contribution in [-0.2, 0) is 15.8 Å². The van der Waals surface area contributed by atoms with Crippen molar-refractivity contribution in [2.24, 2.45) is 5.10 Å². The Morgan fingerprint density at radius 2 is 1.62 bits per heavy atom. The fourth-order valence-electron chi connectivity index (χ4n) is 2.17. The molecule has 0 unspecified atom stereocenters. The topological polar surface area (TPSA) is 70.6 Å². The smallest absolute Gasteiger partial charge is 0.341 e. The van der Waals surface area contributed by atoms with Gasteiger partial charge in [0.1, 0.15) is 0 Å². The van der Waals surface area contributed by atoms with E-state index in [4.69, 9.17) is 0 Å². The summed E-state index contributed by atoms with van der Waals surface area (Å²) < 4.78 is 38.6. The first-order valence-corrected chi connectivity index (χ1v) is 7.64. The molecule has 0 bridgehead atoms. The Labute approximate surface area is 147 Å². The van der Waals surface area contributed by atoms with Gasteiger partial charge in [-0.25, -0.2) is 5.43 Å². The number of benzene rings is 2. The minimum Gasteiger partial charge on any atom is -0.341 e. The van der Waals surface area contributed by atoms with Crippen molar-refractivity contribution in [3.05, 3.63) is 71.3 Å². The molecule has 1 atom stereocenters. The standard InChI is InChI=1S/C18H16F3N3O2/c1-12(13-7-3-2-4-8-13)23-16(25)17(26)24-22-11-14-9-5-6-10-15(14)18(19,20)21/h2-12H,1H3,(H,23,25)(H,24,26)/b22-11-/t12-/m0/s1. The minimum absolute atomic E-state index is 0.224. The van der Waals surface area contributed by atoms with E-state index >= 15 is 0 Å². The van der Waals surface area contributed by atoms with Crippen molar-refractivity contribution in [2.45, 2.75) is 19.1 Å².